The summed E-state index contributed by atoms with van der Waals surface area (Å²) in [5.41, 5.74) is 2.33. The van der Waals surface area contributed by atoms with Crippen molar-refractivity contribution in [3.05, 3.63) is 71.7 Å². The zero-order valence-corrected chi connectivity index (χ0v) is 21.1. The highest BCUT2D eigenvalue weighted by molar-refractivity contribution is 5.89. The van der Waals surface area contributed by atoms with Crippen LogP contribution in [0.15, 0.2) is 59.1 Å². The number of piperidine rings is 1. The molecule has 2 aliphatic rings. The van der Waals surface area contributed by atoms with Gasteiger partial charge in [0.05, 0.1) is 12.3 Å². The van der Waals surface area contributed by atoms with Gasteiger partial charge in [-0.05, 0) is 57.4 Å². The van der Waals surface area contributed by atoms with Gasteiger partial charge >= 0.3 is 11.9 Å². The molecule has 9 nitrogen and oxygen atoms in total. The lowest BCUT2D eigenvalue weighted by Gasteiger charge is -2.43. The van der Waals surface area contributed by atoms with E-state index in [1.807, 2.05) is 18.2 Å². The van der Waals surface area contributed by atoms with E-state index in [4.69, 9.17) is 24.2 Å². The van der Waals surface area contributed by atoms with Crippen LogP contribution in [-0.2, 0) is 27.4 Å². The molecule has 1 fully saturated rings. The first-order valence-electron chi connectivity index (χ1n) is 12.5. The highest BCUT2D eigenvalue weighted by Gasteiger charge is 2.43. The van der Waals surface area contributed by atoms with Crippen molar-refractivity contribution in [2.45, 2.75) is 50.9 Å². The number of nitrogens with zero attached hydrogens (tertiary/aromatic N) is 2. The number of aryl methyl sites for hydroxylation is 1. The molecule has 1 unspecified atom stereocenters. The van der Waals surface area contributed by atoms with Gasteiger partial charge in [-0.3, -0.25) is 0 Å². The number of fused-ring (bicyclic) bond motifs is 2. The molecule has 1 atom stereocenters. The normalized spacial score (nSPS) is 18.8. The van der Waals surface area contributed by atoms with E-state index in [-0.39, 0.29) is 17.5 Å². The molecule has 3 heterocycles. The van der Waals surface area contributed by atoms with E-state index in [1.54, 1.807) is 6.07 Å². The van der Waals surface area contributed by atoms with Crippen LogP contribution < -0.4 is 4.74 Å². The second-order valence-electron chi connectivity index (χ2n) is 9.45. The number of carboxylic acid groups (broad SMARTS) is 2. The molecule has 38 heavy (non-hydrogen) atoms. The van der Waals surface area contributed by atoms with Gasteiger partial charge < -0.3 is 29.1 Å². The maximum Gasteiger partial charge on any atom is 0.328 e. The Morgan fingerprint density at radius 2 is 1.84 bits per heavy atom. The lowest BCUT2D eigenvalue weighted by Crippen LogP contribution is -2.53. The monoisotopic (exact) mass is 526 g/mol. The van der Waals surface area contributed by atoms with Gasteiger partial charge in [-0.25, -0.2) is 14.0 Å². The van der Waals surface area contributed by atoms with Crippen LogP contribution in [0.5, 0.6) is 5.75 Å². The number of para-hydroxylation sites is 1. The Morgan fingerprint density at radius 3 is 2.55 bits per heavy atom. The van der Waals surface area contributed by atoms with Crippen LogP contribution in [0, 0.1) is 5.82 Å². The fraction of sp³-hybridized carbons (Fsp3) is 0.393. The lowest BCUT2D eigenvalue weighted by molar-refractivity contribution is -0.136. The zero-order chi connectivity index (χ0) is 27.1. The summed E-state index contributed by atoms with van der Waals surface area (Å²) in [6.45, 7) is 5.74. The van der Waals surface area contributed by atoms with Crippen molar-refractivity contribution >= 4 is 22.9 Å². The van der Waals surface area contributed by atoms with E-state index in [0.717, 1.165) is 67.7 Å². The molecule has 0 radical (unpaired) electrons. The number of carboxylic acids is 2. The molecule has 5 rings (SSSR count). The number of aromatic nitrogens is 1. The third kappa shape index (κ3) is 6.76. The summed E-state index contributed by atoms with van der Waals surface area (Å²) in [4.78, 5) is 21.6. The number of ether oxygens (including phenoxy) is 2. The molecular formula is C28H31FN2O7. The molecule has 0 saturated carbocycles. The van der Waals surface area contributed by atoms with Crippen LogP contribution in [0.4, 0.5) is 4.39 Å². The molecule has 2 aromatic carbocycles. The van der Waals surface area contributed by atoms with E-state index < -0.39 is 11.9 Å². The van der Waals surface area contributed by atoms with Crippen LogP contribution in [0.2, 0.25) is 0 Å². The molecule has 3 aromatic rings. The summed E-state index contributed by atoms with van der Waals surface area (Å²) < 4.78 is 31.3. The number of carbonyl (C=O) groups is 2. The summed E-state index contributed by atoms with van der Waals surface area (Å²) in [5, 5.41) is 20.7. The summed E-state index contributed by atoms with van der Waals surface area (Å²) in [5.74, 6) is -1.86. The number of rotatable bonds is 6. The van der Waals surface area contributed by atoms with Crippen LogP contribution >= 0.6 is 0 Å². The molecule has 2 N–H and O–H groups in total. The molecule has 10 heteroatoms. The summed E-state index contributed by atoms with van der Waals surface area (Å²) in [6.07, 6.45) is 4.90. The molecule has 0 aliphatic carbocycles. The number of hydrogen-bond donors (Lipinski definition) is 2. The lowest BCUT2D eigenvalue weighted by atomic mass is 9.86. The number of likely N-dealkylation sites (tertiary alicyclic amines) is 1. The summed E-state index contributed by atoms with van der Waals surface area (Å²) >= 11 is 0. The fourth-order valence-electron chi connectivity index (χ4n) is 4.84. The van der Waals surface area contributed by atoms with E-state index in [9.17, 15) is 14.0 Å². The Bertz CT molecular complexity index is 1280. The SMILES string of the molecule is CC1Oc2ccccc2COC12CCN(CCCc1noc3cc(F)ccc13)CC2.O=C(O)/C=C\C(=O)O. The van der Waals surface area contributed by atoms with Gasteiger partial charge in [-0.1, -0.05) is 23.4 Å². The minimum atomic E-state index is -1.26. The molecule has 1 saturated heterocycles. The van der Waals surface area contributed by atoms with Crippen molar-refractivity contribution in [3.63, 3.8) is 0 Å². The maximum atomic E-state index is 13.3. The van der Waals surface area contributed by atoms with Gasteiger partial charge in [-0.2, -0.15) is 0 Å². The minimum absolute atomic E-state index is 0.0326. The highest BCUT2D eigenvalue weighted by Crippen LogP contribution is 2.37. The van der Waals surface area contributed by atoms with E-state index in [0.29, 0.717) is 24.3 Å². The number of benzene rings is 2. The number of halogens is 1. The largest absolute Gasteiger partial charge is 0.487 e. The number of aliphatic carboxylic acids is 2. The Balaban J connectivity index is 0.000000368. The zero-order valence-electron chi connectivity index (χ0n) is 21.1. The topological polar surface area (TPSA) is 122 Å². The average Bonchev–Trinajstić information content (AvgIpc) is 3.23. The van der Waals surface area contributed by atoms with E-state index in [2.05, 4.69) is 23.0 Å². The fourth-order valence-corrected chi connectivity index (χ4v) is 4.84. The van der Waals surface area contributed by atoms with Gasteiger partial charge in [0, 0.05) is 42.3 Å². The van der Waals surface area contributed by atoms with Crippen molar-refractivity contribution in [1.82, 2.24) is 10.1 Å². The van der Waals surface area contributed by atoms with Crippen LogP contribution in [0.25, 0.3) is 11.0 Å². The number of hydrogen-bond acceptors (Lipinski definition) is 7. The van der Waals surface area contributed by atoms with Crippen molar-refractivity contribution in [3.8, 4) is 5.75 Å². The summed E-state index contributed by atoms with van der Waals surface area (Å²) in [6, 6.07) is 12.8. The third-order valence-electron chi connectivity index (χ3n) is 7.00. The van der Waals surface area contributed by atoms with Crippen molar-refractivity contribution in [2.75, 3.05) is 19.6 Å². The van der Waals surface area contributed by atoms with Gasteiger partial charge in [0.1, 0.15) is 23.3 Å². The molecule has 1 aromatic heterocycles. The average molecular weight is 527 g/mol. The second-order valence-corrected chi connectivity index (χ2v) is 9.45. The standard InChI is InChI=1S/C24H27FN2O3.C4H4O4/c1-17-24(28-16-18-5-2-3-7-22(18)29-17)10-13-27(14-11-24)12-4-6-21-20-9-8-19(25)15-23(20)30-26-21;5-3(6)1-2-4(7)8/h2-3,5,7-9,15,17H,4,6,10-14,16H2,1H3;1-2H,(H,5,6)(H,7,8)/b;2-1-. The Morgan fingerprint density at radius 1 is 1.13 bits per heavy atom. The van der Waals surface area contributed by atoms with Crippen molar-refractivity contribution in [2.24, 2.45) is 0 Å². The maximum absolute atomic E-state index is 13.3. The van der Waals surface area contributed by atoms with Gasteiger partial charge in [0.25, 0.3) is 0 Å². The molecule has 2 aliphatic heterocycles. The van der Waals surface area contributed by atoms with Crippen molar-refractivity contribution in [1.29, 1.82) is 0 Å². The molecule has 0 amide bonds. The Kier molecular flexibility index (Phi) is 8.75. The first-order valence-corrected chi connectivity index (χ1v) is 12.5. The predicted octanol–water partition coefficient (Wildman–Crippen LogP) is 4.44. The van der Waals surface area contributed by atoms with E-state index in [1.165, 1.54) is 12.1 Å². The highest BCUT2D eigenvalue weighted by atomic mass is 19.1. The minimum Gasteiger partial charge on any atom is -0.487 e. The first kappa shape index (κ1) is 27.3. The van der Waals surface area contributed by atoms with Gasteiger partial charge in [-0.15, -0.1) is 0 Å². The van der Waals surface area contributed by atoms with Crippen LogP contribution in [0.1, 0.15) is 37.4 Å². The van der Waals surface area contributed by atoms with Gasteiger partial charge in [0.15, 0.2) is 5.58 Å². The third-order valence-corrected chi connectivity index (χ3v) is 7.00. The quantitative estimate of drug-likeness (QED) is 0.449. The van der Waals surface area contributed by atoms with Crippen molar-refractivity contribution < 1.29 is 38.2 Å². The Labute approximate surface area is 219 Å². The summed E-state index contributed by atoms with van der Waals surface area (Å²) in [7, 11) is 0. The van der Waals surface area contributed by atoms with Gasteiger partial charge in [0.2, 0.25) is 0 Å². The molecule has 0 bridgehead atoms. The molecule has 1 spiro atoms. The second kappa shape index (κ2) is 12.2. The predicted molar refractivity (Wildman–Crippen MR) is 136 cm³/mol. The van der Waals surface area contributed by atoms with E-state index >= 15 is 0 Å². The molecule has 202 valence electrons. The molecular weight excluding hydrogens is 495 g/mol. The smallest absolute Gasteiger partial charge is 0.328 e. The Hall–Kier alpha value is -3.76. The first-order chi connectivity index (χ1) is 18.3. The van der Waals surface area contributed by atoms with Crippen LogP contribution in [0.3, 0.4) is 0 Å². The van der Waals surface area contributed by atoms with Crippen LogP contribution in [-0.4, -0.2) is 63.5 Å².